The molecule has 1 N–H and O–H groups in total. The molecular weight excluding hydrogens is 575 g/mol. The number of ether oxygens (including phenoxy) is 3. The molecule has 14 heteroatoms. The van der Waals surface area contributed by atoms with Crippen LogP contribution in [-0.2, 0) is 20.7 Å². The van der Waals surface area contributed by atoms with E-state index < -0.39 is 36.6 Å². The highest BCUT2D eigenvalue weighted by Crippen LogP contribution is 2.32. The van der Waals surface area contributed by atoms with E-state index in [0.717, 1.165) is 12.1 Å². The van der Waals surface area contributed by atoms with E-state index in [2.05, 4.69) is 15.3 Å². The van der Waals surface area contributed by atoms with Gasteiger partial charge in [0.05, 0.1) is 36.0 Å². The Labute approximate surface area is 236 Å². The maximum Gasteiger partial charge on any atom is 0.422 e. The summed E-state index contributed by atoms with van der Waals surface area (Å²) in [6.45, 7) is 0.540. The highest BCUT2D eigenvalue weighted by atomic mass is 35.5. The van der Waals surface area contributed by atoms with E-state index >= 15 is 0 Å². The number of ketones is 1. The van der Waals surface area contributed by atoms with E-state index in [-0.39, 0.29) is 46.4 Å². The van der Waals surface area contributed by atoms with Crippen LogP contribution < -0.4 is 10.1 Å². The number of nitrogens with zero attached hydrogens (tertiary/aromatic N) is 3. The number of benzene rings is 2. The number of fused-ring (bicyclic) bond motifs is 2. The molecule has 2 aliphatic heterocycles. The normalized spacial score (nSPS) is 19.8. The summed E-state index contributed by atoms with van der Waals surface area (Å²) in [7, 11) is 0. The number of nitrogens with one attached hydrogen (secondary N) is 1. The van der Waals surface area contributed by atoms with Gasteiger partial charge in [-0.2, -0.15) is 13.2 Å². The van der Waals surface area contributed by atoms with Gasteiger partial charge >= 0.3 is 6.18 Å². The zero-order valence-electron chi connectivity index (χ0n) is 21.4. The van der Waals surface area contributed by atoms with Crippen molar-refractivity contribution in [1.29, 1.82) is 0 Å². The molecule has 8 nitrogen and oxygen atoms in total. The lowest BCUT2D eigenvalue weighted by Crippen LogP contribution is -2.36. The van der Waals surface area contributed by atoms with Crippen molar-refractivity contribution < 1.29 is 41.0 Å². The average molecular weight is 599 g/mol. The van der Waals surface area contributed by atoms with Gasteiger partial charge in [-0.05, 0) is 30.3 Å². The second kappa shape index (κ2) is 12.2. The first-order chi connectivity index (χ1) is 19.6. The fourth-order valence-electron chi connectivity index (χ4n) is 4.64. The van der Waals surface area contributed by atoms with Crippen LogP contribution in [0.4, 0.5) is 33.5 Å². The van der Waals surface area contributed by atoms with E-state index in [0.29, 0.717) is 37.4 Å². The van der Waals surface area contributed by atoms with Gasteiger partial charge in [-0.1, -0.05) is 11.6 Å². The molecule has 0 aliphatic carbocycles. The Balaban J connectivity index is 1.38. The van der Waals surface area contributed by atoms with E-state index in [1.807, 2.05) is 4.90 Å². The number of alkyl halides is 3. The van der Waals surface area contributed by atoms with Crippen molar-refractivity contribution in [2.45, 2.75) is 24.8 Å². The second-order valence-electron chi connectivity index (χ2n) is 9.55. The number of carbonyl (C=O) groups is 1. The molecule has 3 aromatic rings. The van der Waals surface area contributed by atoms with Crippen molar-refractivity contribution in [2.75, 3.05) is 44.8 Å². The summed E-state index contributed by atoms with van der Waals surface area (Å²) in [5.74, 6) is -2.68. The third-order valence-corrected chi connectivity index (χ3v) is 6.87. The number of allylic oxidation sites excluding steroid dienone is 1. The first-order valence-electron chi connectivity index (χ1n) is 12.6. The molecule has 2 fully saturated rings. The summed E-state index contributed by atoms with van der Waals surface area (Å²) >= 11 is 5.85. The van der Waals surface area contributed by atoms with Gasteiger partial charge in [0.15, 0.2) is 18.2 Å². The standard InChI is InChI=1S/C27H24ClF5N4O4/c28-18-9-16(1-2-19(18)29)36-26-17-7-15(23(41-13-27(31,32)33)10-21(17)34-14-35-26)8-22(38)20(30)3-4-37-11-24-25(12-37)40-6-5-39-24/h1-3,7,9-10,14,24-25H,4-6,8,11-13H2,(H,34,35,36)/b20-3+/t24-,25+. The summed E-state index contributed by atoms with van der Waals surface area (Å²) in [6.07, 6.45) is -3.16. The summed E-state index contributed by atoms with van der Waals surface area (Å²) in [5, 5.41) is 3.11. The number of halogens is 6. The third-order valence-electron chi connectivity index (χ3n) is 6.58. The van der Waals surface area contributed by atoms with Crippen LogP contribution in [-0.4, -0.2) is 78.5 Å². The van der Waals surface area contributed by atoms with Crippen LogP contribution in [0.3, 0.4) is 0 Å². The van der Waals surface area contributed by atoms with Crippen LogP contribution in [0.15, 0.2) is 48.6 Å². The van der Waals surface area contributed by atoms with E-state index in [4.69, 9.17) is 25.8 Å². The molecule has 2 aromatic carbocycles. The van der Waals surface area contributed by atoms with Crippen LogP contribution in [0.2, 0.25) is 5.02 Å². The van der Waals surface area contributed by atoms with Crippen LogP contribution in [0.1, 0.15) is 5.56 Å². The lowest BCUT2D eigenvalue weighted by molar-refractivity contribution is -0.153. The molecule has 2 saturated heterocycles. The first-order valence-corrected chi connectivity index (χ1v) is 13.0. The van der Waals surface area contributed by atoms with Gasteiger partial charge in [0.25, 0.3) is 0 Å². The maximum atomic E-state index is 14.9. The molecule has 0 unspecified atom stereocenters. The number of hydrogen-bond acceptors (Lipinski definition) is 8. The van der Waals surface area contributed by atoms with Crippen molar-refractivity contribution in [3.8, 4) is 5.75 Å². The Morgan fingerprint density at radius 3 is 2.56 bits per heavy atom. The molecule has 218 valence electrons. The number of carbonyl (C=O) groups excluding carboxylic acids is 1. The first kappa shape index (κ1) is 29.1. The molecule has 2 aliphatic rings. The molecule has 2 atom stereocenters. The highest BCUT2D eigenvalue weighted by Gasteiger charge is 2.36. The van der Waals surface area contributed by atoms with Crippen molar-refractivity contribution >= 4 is 39.8 Å². The fraction of sp³-hybridized carbons (Fsp3) is 0.370. The van der Waals surface area contributed by atoms with Gasteiger partial charge in [-0.3, -0.25) is 9.69 Å². The van der Waals surface area contributed by atoms with Crippen LogP contribution in [0.25, 0.3) is 10.9 Å². The number of anilines is 2. The van der Waals surface area contributed by atoms with Gasteiger partial charge in [0, 0.05) is 48.8 Å². The topological polar surface area (TPSA) is 85.8 Å². The van der Waals surface area contributed by atoms with Gasteiger partial charge in [0.1, 0.15) is 23.7 Å². The minimum atomic E-state index is -4.65. The molecule has 0 radical (unpaired) electrons. The highest BCUT2D eigenvalue weighted by molar-refractivity contribution is 6.31. The van der Waals surface area contributed by atoms with Crippen LogP contribution >= 0.6 is 11.6 Å². The lowest BCUT2D eigenvalue weighted by Gasteiger charge is -2.24. The maximum absolute atomic E-state index is 14.9. The predicted molar refractivity (Wildman–Crippen MR) is 140 cm³/mol. The molecule has 1 aromatic heterocycles. The number of aromatic nitrogens is 2. The summed E-state index contributed by atoms with van der Waals surface area (Å²) in [5.41, 5.74) is 0.567. The second-order valence-corrected chi connectivity index (χ2v) is 9.95. The molecule has 0 spiro atoms. The monoisotopic (exact) mass is 598 g/mol. The average Bonchev–Trinajstić information content (AvgIpc) is 3.35. The quantitative estimate of drug-likeness (QED) is 0.267. The van der Waals surface area contributed by atoms with Crippen LogP contribution in [0.5, 0.6) is 5.75 Å². The minimum absolute atomic E-state index is 0.000666. The molecular formula is C27H24ClF5N4O4. The van der Waals surface area contributed by atoms with Gasteiger partial charge < -0.3 is 19.5 Å². The smallest absolute Gasteiger partial charge is 0.422 e. The minimum Gasteiger partial charge on any atom is -0.484 e. The lowest BCUT2D eigenvalue weighted by atomic mass is 10.0. The molecule has 0 bridgehead atoms. The Morgan fingerprint density at radius 1 is 1.15 bits per heavy atom. The predicted octanol–water partition coefficient (Wildman–Crippen LogP) is 5.17. The zero-order valence-corrected chi connectivity index (χ0v) is 22.1. The van der Waals surface area contributed by atoms with E-state index in [1.165, 1.54) is 30.6 Å². The fourth-order valence-corrected chi connectivity index (χ4v) is 4.82. The summed E-state index contributed by atoms with van der Waals surface area (Å²) < 4.78 is 83.6. The molecule has 3 heterocycles. The van der Waals surface area contributed by atoms with Crippen LogP contribution in [0, 0.1) is 5.82 Å². The Hall–Kier alpha value is -3.39. The van der Waals surface area contributed by atoms with Gasteiger partial charge in [0.2, 0.25) is 0 Å². The van der Waals surface area contributed by atoms with Crippen molar-refractivity contribution in [3.05, 3.63) is 65.0 Å². The third kappa shape index (κ3) is 7.28. The molecule has 5 rings (SSSR count). The Kier molecular flexibility index (Phi) is 8.68. The summed E-state index contributed by atoms with van der Waals surface area (Å²) in [6, 6.07) is 6.46. The molecule has 0 amide bonds. The largest absolute Gasteiger partial charge is 0.484 e. The van der Waals surface area contributed by atoms with E-state index in [9.17, 15) is 26.7 Å². The zero-order chi connectivity index (χ0) is 29.1. The van der Waals surface area contributed by atoms with Crippen molar-refractivity contribution in [3.63, 3.8) is 0 Å². The van der Waals surface area contributed by atoms with Gasteiger partial charge in [-0.25, -0.2) is 18.7 Å². The molecule has 41 heavy (non-hydrogen) atoms. The number of hydrogen-bond donors (Lipinski definition) is 1. The Bertz CT molecular complexity index is 1460. The number of rotatable bonds is 9. The van der Waals surface area contributed by atoms with Gasteiger partial charge in [-0.15, -0.1) is 0 Å². The van der Waals surface area contributed by atoms with Crippen molar-refractivity contribution in [1.82, 2.24) is 14.9 Å². The number of likely N-dealkylation sites (tertiary alicyclic amines) is 1. The van der Waals surface area contributed by atoms with Crippen molar-refractivity contribution in [2.24, 2.45) is 0 Å². The number of Topliss-reactive ketones (excluding diaryl/α,β-unsaturated/α-hetero) is 1. The van der Waals surface area contributed by atoms with E-state index in [1.54, 1.807) is 0 Å². The molecule has 0 saturated carbocycles. The Morgan fingerprint density at radius 2 is 1.88 bits per heavy atom. The SMILES string of the molecule is O=C(Cc1cc2c(Nc3ccc(F)c(Cl)c3)ncnc2cc1OCC(F)(F)F)/C(F)=C\CN1C[C@@H]2OCCO[C@@H]2C1. The summed E-state index contributed by atoms with van der Waals surface area (Å²) in [4.78, 5) is 22.9.